The quantitative estimate of drug-likeness (QED) is 0.0855. The fraction of sp³-hybridized carbons (Fsp3) is 0.838. The number of hydrogen-bond donors (Lipinski definition) is 1. The lowest BCUT2D eigenvalue weighted by molar-refractivity contribution is 0.166. The van der Waals surface area contributed by atoms with Crippen LogP contribution in [0.2, 0.25) is 0 Å². The molecule has 2 rings (SSSR count). The second-order valence-electron chi connectivity index (χ2n) is 12.7. The molecule has 0 aliphatic heterocycles. The Kier molecular flexibility index (Phi) is 23.1. The van der Waals surface area contributed by atoms with Gasteiger partial charge in [-0.3, -0.25) is 0 Å². The van der Waals surface area contributed by atoms with E-state index in [0.717, 1.165) is 17.7 Å². The minimum atomic E-state index is -0.314. The van der Waals surface area contributed by atoms with Gasteiger partial charge in [-0.2, -0.15) is 0 Å². The molecule has 238 valence electrons. The fourth-order valence-electron chi connectivity index (χ4n) is 6.12. The first-order valence-corrected chi connectivity index (χ1v) is 20.5. The van der Waals surface area contributed by atoms with Gasteiger partial charge in [0.25, 0.3) is 0 Å². The molecule has 0 saturated carbocycles. The molecule has 0 radical (unpaired) electrons. The Labute approximate surface area is 271 Å². The maximum atomic E-state index is 11.0. The van der Waals surface area contributed by atoms with Crippen LogP contribution in [0.5, 0.6) is 0 Å². The van der Waals surface area contributed by atoms with Gasteiger partial charge < -0.3 is 5.11 Å². The molecular formula is C37H65BrOS2. The summed E-state index contributed by atoms with van der Waals surface area (Å²) >= 11 is 7.57. The third-order valence-corrected chi connectivity index (χ3v) is 12.8. The molecule has 2 aromatic heterocycles. The van der Waals surface area contributed by atoms with E-state index < -0.39 is 0 Å². The smallest absolute Gasteiger partial charge is 0.0894 e. The molecule has 1 unspecified atom stereocenters. The average Bonchev–Trinajstić information content (AvgIpc) is 3.53. The Morgan fingerprint density at radius 3 is 1.39 bits per heavy atom. The summed E-state index contributed by atoms with van der Waals surface area (Å²) in [6.07, 6.45) is 37.9. The Bertz CT molecular complexity index is 857. The summed E-state index contributed by atoms with van der Waals surface area (Å²) in [5.74, 6) is 0. The largest absolute Gasteiger partial charge is 0.388 e. The van der Waals surface area contributed by atoms with Crippen LogP contribution in [0.25, 0.3) is 9.40 Å². The first-order valence-electron chi connectivity index (χ1n) is 18.0. The molecule has 0 aromatic carbocycles. The average molecular weight is 670 g/mol. The van der Waals surface area contributed by atoms with Crippen molar-refractivity contribution in [3.05, 3.63) is 20.3 Å². The summed E-state index contributed by atoms with van der Waals surface area (Å²) in [6.45, 7) is 4.59. The van der Waals surface area contributed by atoms with Crippen LogP contribution < -0.4 is 0 Å². The van der Waals surface area contributed by atoms with E-state index in [1.165, 1.54) is 186 Å². The van der Waals surface area contributed by atoms with Crippen LogP contribution in [-0.2, 0) is 6.42 Å². The van der Waals surface area contributed by atoms with E-state index in [4.69, 9.17) is 0 Å². The number of unbranched alkanes of at least 4 members (excludes halogenated alkanes) is 24. The van der Waals surface area contributed by atoms with E-state index in [9.17, 15) is 5.11 Å². The number of halogens is 1. The topological polar surface area (TPSA) is 20.2 Å². The minimum absolute atomic E-state index is 0.314. The SMILES string of the molecule is CCCCCCCCCCCCCCCc1csc2c(Br)c(C(O)CCCCCCCCCCCCCCC)sc12. The maximum absolute atomic E-state index is 11.0. The Hall–Kier alpha value is 0.1000. The van der Waals surface area contributed by atoms with Gasteiger partial charge in [-0.25, -0.2) is 0 Å². The second kappa shape index (κ2) is 25.4. The lowest BCUT2D eigenvalue weighted by Gasteiger charge is -2.09. The van der Waals surface area contributed by atoms with Gasteiger partial charge in [0, 0.05) is 9.58 Å². The predicted octanol–water partition coefficient (Wildman–Crippen LogP) is 14.9. The zero-order valence-corrected chi connectivity index (χ0v) is 30.3. The normalized spacial score (nSPS) is 12.6. The Balaban J connectivity index is 1.51. The third-order valence-electron chi connectivity index (χ3n) is 8.88. The van der Waals surface area contributed by atoms with Crippen LogP contribution in [0.4, 0.5) is 0 Å². The Morgan fingerprint density at radius 1 is 0.561 bits per heavy atom. The molecule has 0 saturated heterocycles. The highest BCUT2D eigenvalue weighted by atomic mass is 79.9. The van der Waals surface area contributed by atoms with Crippen LogP contribution in [0, 0.1) is 0 Å². The summed E-state index contributed by atoms with van der Waals surface area (Å²) in [5.41, 5.74) is 1.51. The molecule has 1 atom stereocenters. The maximum Gasteiger partial charge on any atom is 0.0894 e. The summed E-state index contributed by atoms with van der Waals surface area (Å²) < 4.78 is 3.96. The number of aliphatic hydroxyl groups excluding tert-OH is 1. The highest BCUT2D eigenvalue weighted by Gasteiger charge is 2.20. The first kappa shape index (κ1) is 37.3. The number of thiophene rings is 2. The molecule has 0 aliphatic carbocycles. The van der Waals surface area contributed by atoms with Crippen molar-refractivity contribution < 1.29 is 5.11 Å². The van der Waals surface area contributed by atoms with E-state index in [-0.39, 0.29) is 6.10 Å². The molecule has 2 heterocycles. The van der Waals surface area contributed by atoms with Crippen molar-refractivity contribution in [2.75, 3.05) is 0 Å². The van der Waals surface area contributed by atoms with Crippen LogP contribution >= 0.6 is 38.6 Å². The van der Waals surface area contributed by atoms with Crippen molar-refractivity contribution in [2.24, 2.45) is 0 Å². The second-order valence-corrected chi connectivity index (χ2v) is 15.5. The summed E-state index contributed by atoms with van der Waals surface area (Å²) in [6, 6.07) is 0. The lowest BCUT2D eigenvalue weighted by Crippen LogP contribution is -1.95. The van der Waals surface area contributed by atoms with Gasteiger partial charge in [-0.1, -0.05) is 174 Å². The van der Waals surface area contributed by atoms with Crippen LogP contribution in [0.3, 0.4) is 0 Å². The van der Waals surface area contributed by atoms with Gasteiger partial charge in [-0.15, -0.1) is 22.7 Å². The van der Waals surface area contributed by atoms with Crippen molar-refractivity contribution in [3.63, 3.8) is 0 Å². The molecule has 4 heteroatoms. The number of fused-ring (bicyclic) bond motifs is 1. The monoisotopic (exact) mass is 668 g/mol. The van der Waals surface area contributed by atoms with Gasteiger partial charge in [0.2, 0.25) is 0 Å². The zero-order chi connectivity index (χ0) is 29.4. The van der Waals surface area contributed by atoms with Crippen molar-refractivity contribution in [1.82, 2.24) is 0 Å². The molecule has 0 fully saturated rings. The molecule has 1 N–H and O–H groups in total. The van der Waals surface area contributed by atoms with Gasteiger partial charge in [-0.05, 0) is 46.1 Å². The number of aliphatic hydroxyl groups is 1. The molecular weight excluding hydrogens is 604 g/mol. The molecule has 0 spiro atoms. The molecule has 0 amide bonds. The van der Waals surface area contributed by atoms with Crippen LogP contribution in [-0.4, -0.2) is 5.11 Å². The van der Waals surface area contributed by atoms with Crippen molar-refractivity contribution in [3.8, 4) is 0 Å². The molecule has 0 aliphatic rings. The van der Waals surface area contributed by atoms with E-state index in [2.05, 4.69) is 35.2 Å². The number of aryl methyl sites for hydroxylation is 1. The van der Waals surface area contributed by atoms with E-state index in [1.54, 1.807) is 0 Å². The lowest BCUT2D eigenvalue weighted by atomic mass is 10.0. The van der Waals surface area contributed by atoms with Crippen molar-refractivity contribution in [1.29, 1.82) is 0 Å². The highest BCUT2D eigenvalue weighted by molar-refractivity contribution is 9.10. The predicted molar refractivity (Wildman–Crippen MR) is 192 cm³/mol. The van der Waals surface area contributed by atoms with Gasteiger partial charge in [0.1, 0.15) is 0 Å². The zero-order valence-electron chi connectivity index (χ0n) is 27.1. The van der Waals surface area contributed by atoms with Gasteiger partial charge >= 0.3 is 0 Å². The van der Waals surface area contributed by atoms with Crippen LogP contribution in [0.1, 0.15) is 204 Å². The van der Waals surface area contributed by atoms with Gasteiger partial charge in [0.15, 0.2) is 0 Å². The van der Waals surface area contributed by atoms with E-state index in [1.807, 2.05) is 22.7 Å². The standard InChI is InChI=1S/C37H65BrOS2/c1-3-5-7-9-11-13-15-17-19-21-23-25-27-29-32-31-40-37-34(38)36(41-35(32)37)33(39)30-28-26-24-22-20-18-16-14-12-10-8-6-4-2/h31,33,39H,3-30H2,1-2H3. The molecule has 2 aromatic rings. The molecule has 1 nitrogen and oxygen atoms in total. The fourth-order valence-corrected chi connectivity index (χ4v) is 9.74. The molecule has 0 bridgehead atoms. The summed E-state index contributed by atoms with van der Waals surface area (Å²) in [7, 11) is 0. The first-order chi connectivity index (χ1) is 20.2. The number of hydrogen-bond acceptors (Lipinski definition) is 3. The highest BCUT2D eigenvalue weighted by Crippen LogP contribution is 2.45. The van der Waals surface area contributed by atoms with E-state index in [0.29, 0.717) is 0 Å². The van der Waals surface area contributed by atoms with Crippen LogP contribution in [0.15, 0.2) is 9.85 Å². The minimum Gasteiger partial charge on any atom is -0.388 e. The number of rotatable bonds is 29. The third kappa shape index (κ3) is 16.7. The van der Waals surface area contributed by atoms with Crippen molar-refractivity contribution in [2.45, 2.75) is 200 Å². The van der Waals surface area contributed by atoms with Crippen molar-refractivity contribution >= 4 is 48.0 Å². The van der Waals surface area contributed by atoms with Gasteiger partial charge in [0.05, 0.1) is 15.3 Å². The summed E-state index contributed by atoms with van der Waals surface area (Å²) in [5, 5.41) is 13.3. The molecule has 41 heavy (non-hydrogen) atoms. The summed E-state index contributed by atoms with van der Waals surface area (Å²) in [4.78, 5) is 1.16. The van der Waals surface area contributed by atoms with E-state index >= 15 is 0 Å². The Morgan fingerprint density at radius 2 is 0.951 bits per heavy atom.